The second kappa shape index (κ2) is 10.8. The Bertz CT molecular complexity index is 1450. The van der Waals surface area contributed by atoms with Gasteiger partial charge in [-0.3, -0.25) is 14.5 Å². The number of carboxylic acids is 1. The molecule has 0 aliphatic carbocycles. The monoisotopic (exact) mass is 560 g/mol. The van der Waals surface area contributed by atoms with Crippen LogP contribution >= 0.6 is 34.5 Å². The first-order valence-electron chi connectivity index (χ1n) is 9.89. The maximum absolute atomic E-state index is 12.7. The predicted molar refractivity (Wildman–Crippen MR) is 130 cm³/mol. The molecule has 0 radical (unpaired) electrons. The van der Waals surface area contributed by atoms with Crippen molar-refractivity contribution in [2.24, 2.45) is 5.73 Å². The first-order chi connectivity index (χ1) is 16.8. The topological polar surface area (TPSA) is 136 Å². The smallest absolute Gasteiger partial charge is 0.475 e. The summed E-state index contributed by atoms with van der Waals surface area (Å²) in [5.74, 6) is -2.75. The lowest BCUT2D eigenvalue weighted by Crippen LogP contribution is -2.21. The van der Waals surface area contributed by atoms with Gasteiger partial charge >= 0.3 is 12.1 Å². The Balaban J connectivity index is 0.000000454. The van der Waals surface area contributed by atoms with Gasteiger partial charge in [0.05, 0.1) is 16.4 Å². The fourth-order valence-electron chi connectivity index (χ4n) is 3.05. The van der Waals surface area contributed by atoms with Gasteiger partial charge in [0.15, 0.2) is 5.13 Å². The molecular weight excluding hydrogens is 544 g/mol. The van der Waals surface area contributed by atoms with Gasteiger partial charge < -0.3 is 10.8 Å². The van der Waals surface area contributed by atoms with Crippen molar-refractivity contribution in [3.8, 4) is 11.3 Å². The minimum absolute atomic E-state index is 0.213. The first kappa shape index (κ1) is 27.3. The van der Waals surface area contributed by atoms with Crippen molar-refractivity contribution in [1.82, 2.24) is 19.4 Å². The molecule has 15 heteroatoms. The standard InChI is InChI=1S/C19H16Cl2N6OS.C2HF3O2/c1-9-8-29-19(23-9)26-17(28)15-7-27-16(12-4-3-11(20)5-14(12)21)13(6-22)10(2)24-18(27)25-15;3-2(4,5)1(6)7/h3-5,7-8H,6,22H2,1-2H3,(H,23,26,28);(H,6,7). The van der Waals surface area contributed by atoms with E-state index >= 15 is 0 Å². The van der Waals surface area contributed by atoms with E-state index in [1.54, 1.807) is 22.7 Å². The van der Waals surface area contributed by atoms with Crippen molar-refractivity contribution < 1.29 is 27.9 Å². The summed E-state index contributed by atoms with van der Waals surface area (Å²) in [6, 6.07) is 5.23. The molecule has 0 saturated carbocycles. The van der Waals surface area contributed by atoms with E-state index in [0.717, 1.165) is 22.5 Å². The summed E-state index contributed by atoms with van der Waals surface area (Å²) in [6.07, 6.45) is -3.46. The Hall–Kier alpha value is -3.26. The third-order valence-corrected chi connectivity index (χ3v) is 6.05. The van der Waals surface area contributed by atoms with Crippen molar-refractivity contribution in [1.29, 1.82) is 0 Å². The van der Waals surface area contributed by atoms with Crippen molar-refractivity contribution in [2.75, 3.05) is 5.32 Å². The van der Waals surface area contributed by atoms with Gasteiger partial charge in [-0.25, -0.2) is 19.7 Å². The molecule has 0 atom stereocenters. The molecule has 0 aliphatic rings. The van der Waals surface area contributed by atoms with E-state index in [9.17, 15) is 18.0 Å². The summed E-state index contributed by atoms with van der Waals surface area (Å²) < 4.78 is 33.5. The van der Waals surface area contributed by atoms with Crippen LogP contribution in [0.15, 0.2) is 29.8 Å². The van der Waals surface area contributed by atoms with Crippen LogP contribution in [0, 0.1) is 13.8 Å². The van der Waals surface area contributed by atoms with Crippen molar-refractivity contribution in [3.05, 3.63) is 62.5 Å². The van der Waals surface area contributed by atoms with Gasteiger partial charge in [-0.15, -0.1) is 11.3 Å². The number of anilines is 1. The molecule has 0 bridgehead atoms. The third-order valence-electron chi connectivity index (χ3n) is 4.62. The van der Waals surface area contributed by atoms with Crippen LogP contribution in [0.4, 0.5) is 18.3 Å². The van der Waals surface area contributed by atoms with E-state index in [-0.39, 0.29) is 18.1 Å². The summed E-state index contributed by atoms with van der Waals surface area (Å²) in [5, 5.41) is 13.3. The number of nitrogens with two attached hydrogens (primary N) is 1. The molecule has 0 fully saturated rings. The molecule has 4 rings (SSSR count). The number of nitrogens with zero attached hydrogens (tertiary/aromatic N) is 4. The summed E-state index contributed by atoms with van der Waals surface area (Å²) in [5.41, 5.74) is 10.0. The van der Waals surface area contributed by atoms with Gasteiger partial charge in [-0.2, -0.15) is 13.2 Å². The molecule has 1 aromatic carbocycles. The average molecular weight is 561 g/mol. The highest BCUT2D eigenvalue weighted by Gasteiger charge is 2.38. The molecule has 4 aromatic rings. The highest BCUT2D eigenvalue weighted by molar-refractivity contribution is 7.13. The third kappa shape index (κ3) is 6.10. The normalized spacial score (nSPS) is 11.2. The predicted octanol–water partition coefficient (Wildman–Crippen LogP) is 5.12. The zero-order valence-electron chi connectivity index (χ0n) is 18.5. The maximum atomic E-state index is 12.7. The van der Waals surface area contributed by atoms with E-state index in [0.29, 0.717) is 26.6 Å². The first-order valence-corrected chi connectivity index (χ1v) is 11.5. The fourth-order valence-corrected chi connectivity index (χ4v) is 4.23. The number of thiazole rings is 1. The number of aliphatic carboxylic acids is 1. The number of amides is 1. The highest BCUT2D eigenvalue weighted by Crippen LogP contribution is 2.34. The minimum Gasteiger partial charge on any atom is -0.475 e. The van der Waals surface area contributed by atoms with Gasteiger partial charge in [0, 0.05) is 40.0 Å². The van der Waals surface area contributed by atoms with Crippen LogP contribution < -0.4 is 11.1 Å². The maximum Gasteiger partial charge on any atom is 0.490 e. The van der Waals surface area contributed by atoms with Crippen molar-refractivity contribution >= 4 is 57.3 Å². The van der Waals surface area contributed by atoms with E-state index in [2.05, 4.69) is 20.3 Å². The summed E-state index contributed by atoms with van der Waals surface area (Å²) in [7, 11) is 0. The van der Waals surface area contributed by atoms with E-state index in [4.69, 9.17) is 38.8 Å². The zero-order chi connectivity index (χ0) is 26.8. The van der Waals surface area contributed by atoms with Gasteiger partial charge in [0.2, 0.25) is 5.78 Å². The van der Waals surface area contributed by atoms with Crippen LogP contribution in [0.3, 0.4) is 0 Å². The molecular formula is C21H17Cl2F3N6O3S. The molecule has 3 heterocycles. The lowest BCUT2D eigenvalue weighted by molar-refractivity contribution is -0.192. The molecule has 190 valence electrons. The molecule has 4 N–H and O–H groups in total. The number of halogens is 5. The molecule has 0 aliphatic heterocycles. The number of aryl methyl sites for hydroxylation is 2. The number of hydrogen-bond acceptors (Lipinski definition) is 7. The van der Waals surface area contributed by atoms with Crippen LogP contribution in [0.5, 0.6) is 0 Å². The zero-order valence-corrected chi connectivity index (χ0v) is 20.9. The molecule has 9 nitrogen and oxygen atoms in total. The number of carboxylic acid groups (broad SMARTS) is 1. The number of alkyl halides is 3. The molecule has 0 saturated heterocycles. The number of carbonyl (C=O) groups is 2. The van der Waals surface area contributed by atoms with E-state index < -0.39 is 12.1 Å². The highest BCUT2D eigenvalue weighted by atomic mass is 35.5. The number of aromatic nitrogens is 4. The van der Waals surface area contributed by atoms with Gasteiger partial charge in [0.25, 0.3) is 5.91 Å². The van der Waals surface area contributed by atoms with Gasteiger partial charge in [0.1, 0.15) is 5.69 Å². The summed E-state index contributed by atoms with van der Waals surface area (Å²) in [4.78, 5) is 34.7. The van der Waals surface area contributed by atoms with Gasteiger partial charge in [-0.05, 0) is 32.0 Å². The van der Waals surface area contributed by atoms with E-state index in [1.807, 2.05) is 25.3 Å². The number of hydrogen-bond donors (Lipinski definition) is 3. The Morgan fingerprint density at radius 3 is 2.39 bits per heavy atom. The van der Waals surface area contributed by atoms with Crippen molar-refractivity contribution in [2.45, 2.75) is 26.6 Å². The van der Waals surface area contributed by atoms with Crippen LogP contribution in [0.25, 0.3) is 17.0 Å². The number of rotatable bonds is 4. The molecule has 0 unspecified atom stereocenters. The number of imidazole rings is 1. The van der Waals surface area contributed by atoms with Gasteiger partial charge in [-0.1, -0.05) is 23.2 Å². The lowest BCUT2D eigenvalue weighted by Gasteiger charge is -2.14. The second-order valence-corrected chi connectivity index (χ2v) is 8.90. The number of benzene rings is 1. The lowest BCUT2D eigenvalue weighted by atomic mass is 10.0. The molecule has 0 spiro atoms. The largest absolute Gasteiger partial charge is 0.490 e. The number of fused-ring (bicyclic) bond motifs is 1. The Labute approximate surface area is 215 Å². The molecule has 1 amide bonds. The Morgan fingerprint density at radius 1 is 1.19 bits per heavy atom. The number of carbonyl (C=O) groups excluding carboxylic acids is 1. The quantitative estimate of drug-likeness (QED) is 0.315. The second-order valence-electron chi connectivity index (χ2n) is 7.20. The summed E-state index contributed by atoms with van der Waals surface area (Å²) in [6.45, 7) is 3.96. The average Bonchev–Trinajstić information content (AvgIpc) is 3.38. The number of nitrogens with one attached hydrogen (secondary N) is 1. The Kier molecular flexibility index (Phi) is 8.19. The van der Waals surface area contributed by atoms with Crippen molar-refractivity contribution in [3.63, 3.8) is 0 Å². The minimum atomic E-state index is -5.08. The summed E-state index contributed by atoms with van der Waals surface area (Å²) >= 11 is 13.9. The fraction of sp³-hybridized carbons (Fsp3) is 0.190. The molecule has 3 aromatic heterocycles. The SMILES string of the molecule is Cc1csc(NC(=O)c2cn3c(-c4ccc(Cl)cc4Cl)c(CN)c(C)nc3n2)n1.O=C(O)C(F)(F)F. The van der Waals surface area contributed by atoms with Crippen LogP contribution in [0.1, 0.15) is 27.4 Å². The van der Waals surface area contributed by atoms with Crippen LogP contribution in [-0.2, 0) is 11.3 Å². The van der Waals surface area contributed by atoms with Crippen LogP contribution in [0.2, 0.25) is 10.0 Å². The van der Waals surface area contributed by atoms with E-state index in [1.165, 1.54) is 11.3 Å². The Morgan fingerprint density at radius 2 is 1.86 bits per heavy atom. The van der Waals surface area contributed by atoms with Crippen LogP contribution in [-0.4, -0.2) is 42.5 Å². The molecule has 36 heavy (non-hydrogen) atoms.